The van der Waals surface area contributed by atoms with E-state index < -0.39 is 6.04 Å². The van der Waals surface area contributed by atoms with Crippen molar-refractivity contribution in [2.24, 2.45) is 0 Å². The lowest BCUT2D eigenvalue weighted by molar-refractivity contribution is -0.139. The number of rotatable bonds is 11. The van der Waals surface area contributed by atoms with E-state index in [0.29, 0.717) is 39.3 Å². The molecule has 0 radical (unpaired) electrons. The zero-order valence-electron chi connectivity index (χ0n) is 19.3. The predicted molar refractivity (Wildman–Crippen MR) is 147 cm³/mol. The van der Waals surface area contributed by atoms with Gasteiger partial charge in [0.2, 0.25) is 11.8 Å². The highest BCUT2D eigenvalue weighted by Crippen LogP contribution is 2.28. The highest BCUT2D eigenvalue weighted by Gasteiger charge is 2.31. The first-order valence-electron chi connectivity index (χ1n) is 11.3. The fourth-order valence-corrected chi connectivity index (χ4v) is 5.36. The van der Waals surface area contributed by atoms with Crippen molar-refractivity contribution in [2.75, 3.05) is 12.3 Å². The zero-order chi connectivity index (χ0) is 25.2. The summed E-state index contributed by atoms with van der Waals surface area (Å²) in [6, 6.07) is 21.7. The molecule has 1 atom stereocenters. The molecule has 2 amide bonds. The molecule has 0 aliphatic carbocycles. The molecule has 0 heterocycles. The van der Waals surface area contributed by atoms with Crippen LogP contribution >= 0.6 is 46.6 Å². The van der Waals surface area contributed by atoms with Gasteiger partial charge in [-0.1, -0.05) is 89.4 Å². The molecule has 0 aliphatic rings. The molecule has 4 nitrogen and oxygen atoms in total. The van der Waals surface area contributed by atoms with E-state index in [9.17, 15) is 9.59 Å². The molecule has 35 heavy (non-hydrogen) atoms. The highest BCUT2D eigenvalue weighted by atomic mass is 35.5. The maximum atomic E-state index is 13.6. The normalized spacial score (nSPS) is 11.7. The lowest BCUT2D eigenvalue weighted by Gasteiger charge is -2.32. The van der Waals surface area contributed by atoms with Gasteiger partial charge in [-0.3, -0.25) is 9.59 Å². The second kappa shape index (κ2) is 13.8. The Hall–Kier alpha value is -2.18. The molecule has 0 aromatic heterocycles. The predicted octanol–water partition coefficient (Wildman–Crippen LogP) is 6.66. The molecule has 3 rings (SSSR count). The van der Waals surface area contributed by atoms with E-state index in [1.807, 2.05) is 61.5 Å². The zero-order valence-corrected chi connectivity index (χ0v) is 22.4. The Morgan fingerprint density at radius 2 is 1.51 bits per heavy atom. The molecule has 0 saturated carbocycles. The van der Waals surface area contributed by atoms with Gasteiger partial charge in [-0.2, -0.15) is 0 Å². The van der Waals surface area contributed by atoms with Gasteiger partial charge in [-0.25, -0.2) is 0 Å². The number of carbonyl (C=O) groups excluding carboxylic acids is 2. The second-order valence-corrected chi connectivity index (χ2v) is 10.1. The standard InChI is InChI=1S/C27H27Cl3N2O2S/c1-2-31-27(34)25(15-19-9-4-3-5-10-19)32(16-21-23(29)13-8-14-24(21)30)26(33)18-35-17-20-11-6-7-12-22(20)28/h3-14,25H,2,15-18H2,1H3,(H,31,34). The van der Waals surface area contributed by atoms with Crippen molar-refractivity contribution in [2.45, 2.75) is 31.7 Å². The maximum absolute atomic E-state index is 13.6. The lowest BCUT2D eigenvalue weighted by Crippen LogP contribution is -2.51. The second-order valence-electron chi connectivity index (χ2n) is 7.91. The number of thioether (sulfide) groups is 1. The molecule has 1 N–H and O–H groups in total. The first-order chi connectivity index (χ1) is 16.9. The minimum absolute atomic E-state index is 0.124. The number of benzene rings is 3. The van der Waals surface area contributed by atoms with E-state index in [4.69, 9.17) is 34.8 Å². The van der Waals surface area contributed by atoms with Crippen molar-refractivity contribution in [3.05, 3.63) is 105 Å². The smallest absolute Gasteiger partial charge is 0.243 e. The van der Waals surface area contributed by atoms with Gasteiger partial charge in [0.25, 0.3) is 0 Å². The maximum Gasteiger partial charge on any atom is 0.243 e. The van der Waals surface area contributed by atoms with Gasteiger partial charge in [0.05, 0.1) is 5.75 Å². The van der Waals surface area contributed by atoms with Gasteiger partial charge in [-0.05, 0) is 36.2 Å². The first-order valence-corrected chi connectivity index (χ1v) is 13.5. The number of hydrogen-bond donors (Lipinski definition) is 1. The fourth-order valence-electron chi connectivity index (χ4n) is 3.65. The number of nitrogens with one attached hydrogen (secondary N) is 1. The number of amides is 2. The van der Waals surface area contributed by atoms with Crippen LogP contribution in [0.3, 0.4) is 0 Å². The first kappa shape index (κ1) is 27.4. The number of hydrogen-bond acceptors (Lipinski definition) is 3. The van der Waals surface area contributed by atoms with E-state index >= 15 is 0 Å². The van der Waals surface area contributed by atoms with Crippen LogP contribution in [-0.4, -0.2) is 35.1 Å². The summed E-state index contributed by atoms with van der Waals surface area (Å²) >= 11 is 20.6. The molecule has 1 unspecified atom stereocenters. The van der Waals surface area contributed by atoms with Crippen LogP contribution in [0.1, 0.15) is 23.6 Å². The summed E-state index contributed by atoms with van der Waals surface area (Å²) in [5.74, 6) is 0.364. The molecule has 0 fully saturated rings. The van der Waals surface area contributed by atoms with Crippen LogP contribution in [0.15, 0.2) is 72.8 Å². The van der Waals surface area contributed by atoms with Crippen molar-refractivity contribution >= 4 is 58.4 Å². The van der Waals surface area contributed by atoms with Crippen molar-refractivity contribution in [1.82, 2.24) is 10.2 Å². The molecule has 0 saturated heterocycles. The number of halogens is 3. The van der Waals surface area contributed by atoms with Crippen molar-refractivity contribution in [3.8, 4) is 0 Å². The van der Waals surface area contributed by atoms with Crippen molar-refractivity contribution < 1.29 is 9.59 Å². The van der Waals surface area contributed by atoms with Crippen LogP contribution in [0.25, 0.3) is 0 Å². The third-order valence-corrected chi connectivity index (χ3v) is 7.50. The van der Waals surface area contributed by atoms with Gasteiger partial charge in [0, 0.05) is 45.9 Å². The van der Waals surface area contributed by atoms with Crippen LogP contribution in [0.4, 0.5) is 0 Å². The summed E-state index contributed by atoms with van der Waals surface area (Å²) in [6.45, 7) is 2.44. The Morgan fingerprint density at radius 3 is 2.17 bits per heavy atom. The highest BCUT2D eigenvalue weighted by molar-refractivity contribution is 7.99. The fraction of sp³-hybridized carbons (Fsp3) is 0.259. The van der Waals surface area contributed by atoms with Gasteiger partial charge >= 0.3 is 0 Å². The lowest BCUT2D eigenvalue weighted by atomic mass is 10.0. The Morgan fingerprint density at radius 1 is 0.886 bits per heavy atom. The van der Waals surface area contributed by atoms with Crippen LogP contribution in [0.5, 0.6) is 0 Å². The Kier molecular flexibility index (Phi) is 10.8. The third kappa shape index (κ3) is 7.91. The summed E-state index contributed by atoms with van der Waals surface area (Å²) in [4.78, 5) is 28.4. The summed E-state index contributed by atoms with van der Waals surface area (Å²) in [5, 5.41) is 4.45. The number of nitrogens with zero attached hydrogens (tertiary/aromatic N) is 1. The number of carbonyl (C=O) groups is 2. The largest absolute Gasteiger partial charge is 0.355 e. The van der Waals surface area contributed by atoms with E-state index in [-0.39, 0.29) is 24.1 Å². The minimum Gasteiger partial charge on any atom is -0.355 e. The van der Waals surface area contributed by atoms with Crippen LogP contribution in [0.2, 0.25) is 15.1 Å². The molecule has 0 spiro atoms. The average molecular weight is 550 g/mol. The molecule has 184 valence electrons. The molecule has 3 aromatic carbocycles. The molecular formula is C27H27Cl3N2O2S. The Labute approximate surface area is 225 Å². The van der Waals surface area contributed by atoms with E-state index in [0.717, 1.165) is 11.1 Å². The summed E-state index contributed by atoms with van der Waals surface area (Å²) in [6.07, 6.45) is 0.371. The summed E-state index contributed by atoms with van der Waals surface area (Å²) < 4.78 is 0. The van der Waals surface area contributed by atoms with Crippen molar-refractivity contribution in [3.63, 3.8) is 0 Å². The molecule has 0 bridgehead atoms. The van der Waals surface area contributed by atoms with Crippen LogP contribution < -0.4 is 5.32 Å². The number of likely N-dealkylation sites (N-methyl/N-ethyl adjacent to an activating group) is 1. The topological polar surface area (TPSA) is 49.4 Å². The Balaban J connectivity index is 1.88. The Bertz CT molecular complexity index is 1120. The summed E-state index contributed by atoms with van der Waals surface area (Å²) in [5.41, 5.74) is 2.52. The molecule has 8 heteroatoms. The van der Waals surface area contributed by atoms with E-state index in [1.54, 1.807) is 23.1 Å². The van der Waals surface area contributed by atoms with Gasteiger partial charge in [0.15, 0.2) is 0 Å². The van der Waals surface area contributed by atoms with Crippen LogP contribution in [0, 0.1) is 0 Å². The molecule has 3 aromatic rings. The monoisotopic (exact) mass is 548 g/mol. The average Bonchev–Trinajstić information content (AvgIpc) is 2.85. The minimum atomic E-state index is -0.724. The van der Waals surface area contributed by atoms with Crippen LogP contribution in [-0.2, 0) is 28.3 Å². The quantitative estimate of drug-likeness (QED) is 0.291. The molecular weight excluding hydrogens is 523 g/mol. The van der Waals surface area contributed by atoms with Gasteiger partial charge in [0.1, 0.15) is 6.04 Å². The summed E-state index contributed by atoms with van der Waals surface area (Å²) in [7, 11) is 0. The van der Waals surface area contributed by atoms with Gasteiger partial charge < -0.3 is 10.2 Å². The third-order valence-electron chi connectivity index (χ3n) is 5.45. The van der Waals surface area contributed by atoms with E-state index in [1.165, 1.54) is 11.8 Å². The van der Waals surface area contributed by atoms with Gasteiger partial charge in [-0.15, -0.1) is 11.8 Å². The van der Waals surface area contributed by atoms with E-state index in [2.05, 4.69) is 5.32 Å². The molecule has 0 aliphatic heterocycles. The SMILES string of the molecule is CCNC(=O)C(Cc1ccccc1)N(Cc1c(Cl)cccc1Cl)C(=O)CSCc1ccccc1Cl. The van der Waals surface area contributed by atoms with Crippen molar-refractivity contribution in [1.29, 1.82) is 0 Å².